The first-order chi connectivity index (χ1) is 12.1. The molecule has 130 valence electrons. The number of nitrogens with one attached hydrogen (secondary N) is 1. The summed E-state index contributed by atoms with van der Waals surface area (Å²) in [4.78, 5) is 9.22. The highest BCUT2D eigenvalue weighted by Crippen LogP contribution is 2.41. The second-order valence-electron chi connectivity index (χ2n) is 6.06. The molecule has 3 heterocycles. The summed E-state index contributed by atoms with van der Waals surface area (Å²) in [6, 6.07) is 8.71. The number of nitrogen functional groups attached to an aromatic ring is 1. The van der Waals surface area contributed by atoms with E-state index in [1.165, 1.54) is 6.33 Å². The third-order valence-corrected chi connectivity index (χ3v) is 5.62. The molecule has 2 aliphatic heterocycles. The second-order valence-corrected chi connectivity index (χ2v) is 7.15. The monoisotopic (exact) mass is 358 g/mol. The van der Waals surface area contributed by atoms with Crippen molar-refractivity contribution >= 4 is 23.3 Å². The van der Waals surface area contributed by atoms with Crippen molar-refractivity contribution in [3.8, 4) is 0 Å². The Bertz CT molecular complexity index is 789. The minimum atomic E-state index is -0.965. The molecule has 5 N–H and O–H groups in total. The van der Waals surface area contributed by atoms with Gasteiger partial charge in [-0.15, -0.1) is 16.9 Å². The molecular weight excluding hydrogens is 340 g/mol. The second kappa shape index (κ2) is 6.68. The molecule has 8 nitrogen and oxygen atoms in total. The fourth-order valence-electron chi connectivity index (χ4n) is 3.16. The van der Waals surface area contributed by atoms with Gasteiger partial charge in [-0.3, -0.25) is 0 Å². The van der Waals surface area contributed by atoms with Crippen LogP contribution in [0.5, 0.6) is 0 Å². The third kappa shape index (κ3) is 2.99. The molecule has 1 aromatic carbocycles. The Labute approximate surface area is 148 Å². The Balaban J connectivity index is 1.48. The number of hydrogen-bond donors (Lipinski definition) is 4. The van der Waals surface area contributed by atoms with Crippen LogP contribution < -0.4 is 11.1 Å². The molecule has 1 aromatic heterocycles. The van der Waals surface area contributed by atoms with Gasteiger partial charge in [0.05, 0.1) is 18.2 Å². The van der Waals surface area contributed by atoms with Gasteiger partial charge in [-0.05, 0) is 12.1 Å². The Morgan fingerprint density at radius 3 is 2.72 bits per heavy atom. The molecule has 1 fully saturated rings. The van der Waals surface area contributed by atoms with Gasteiger partial charge in [0.15, 0.2) is 11.5 Å². The van der Waals surface area contributed by atoms with Crippen LogP contribution in [0.25, 0.3) is 0 Å². The predicted molar refractivity (Wildman–Crippen MR) is 93.6 cm³/mol. The number of rotatable bonds is 4. The number of aromatic nitrogens is 2. The number of aliphatic hydroxyl groups excluding tert-OH is 2. The Morgan fingerprint density at radius 2 is 1.92 bits per heavy atom. The van der Waals surface area contributed by atoms with Gasteiger partial charge < -0.3 is 21.3 Å². The molecule has 2 aliphatic rings. The molecule has 0 bridgehead atoms. The SMILES string of the molecule is Nc1ncnc2c1N=NC2[C@H]1N[C@@H](CSc2ccccc2)[C@H](O)[C@@H]1O. The Morgan fingerprint density at radius 1 is 1.12 bits per heavy atom. The Hall–Kier alpha value is -2.07. The maximum absolute atomic E-state index is 10.5. The average Bonchev–Trinajstić information content (AvgIpc) is 3.18. The molecule has 5 atom stereocenters. The first kappa shape index (κ1) is 16.4. The molecule has 0 aliphatic carbocycles. The predicted octanol–water partition coefficient (Wildman–Crippen LogP) is 1.05. The molecule has 0 amide bonds. The third-order valence-electron chi connectivity index (χ3n) is 4.49. The zero-order chi connectivity index (χ0) is 17.4. The van der Waals surface area contributed by atoms with Gasteiger partial charge in [-0.2, -0.15) is 5.11 Å². The van der Waals surface area contributed by atoms with Crippen molar-refractivity contribution < 1.29 is 10.2 Å². The number of nitrogens with zero attached hydrogens (tertiary/aromatic N) is 4. The van der Waals surface area contributed by atoms with Crippen molar-refractivity contribution in [1.82, 2.24) is 15.3 Å². The molecule has 1 unspecified atom stereocenters. The van der Waals surface area contributed by atoms with Gasteiger partial charge in [0.2, 0.25) is 0 Å². The number of benzene rings is 1. The van der Waals surface area contributed by atoms with Crippen molar-refractivity contribution in [2.75, 3.05) is 11.5 Å². The standard InChI is InChI=1S/C16H18N6O2S/c17-16-13-10(18-7-19-16)11(21-22-13)12-15(24)14(23)9(20-12)6-25-8-4-2-1-3-5-8/h1-5,7,9,11-12,14-15,20,23-24H,6H2,(H2,17,18,19)/t9-,11?,12+,14-,15+/m0/s1. The number of aliphatic hydroxyl groups is 2. The van der Waals surface area contributed by atoms with Gasteiger partial charge in [-0.25, -0.2) is 9.97 Å². The van der Waals surface area contributed by atoms with Crippen molar-refractivity contribution in [2.45, 2.75) is 35.2 Å². The number of hydrogen-bond acceptors (Lipinski definition) is 9. The molecule has 9 heteroatoms. The lowest BCUT2D eigenvalue weighted by atomic mass is 9.99. The van der Waals surface area contributed by atoms with E-state index in [2.05, 4.69) is 25.5 Å². The van der Waals surface area contributed by atoms with Crippen LogP contribution in [0.1, 0.15) is 11.7 Å². The minimum Gasteiger partial charge on any atom is -0.389 e. The summed E-state index contributed by atoms with van der Waals surface area (Å²) in [6.45, 7) is 0. The van der Waals surface area contributed by atoms with E-state index < -0.39 is 24.3 Å². The maximum atomic E-state index is 10.5. The highest BCUT2D eigenvalue weighted by molar-refractivity contribution is 7.99. The van der Waals surface area contributed by atoms with Crippen molar-refractivity contribution in [3.63, 3.8) is 0 Å². The first-order valence-corrected chi connectivity index (χ1v) is 8.95. The number of thioether (sulfide) groups is 1. The van der Waals surface area contributed by atoms with E-state index in [0.29, 0.717) is 17.1 Å². The summed E-state index contributed by atoms with van der Waals surface area (Å²) in [7, 11) is 0. The maximum Gasteiger partial charge on any atom is 0.155 e. The molecule has 0 saturated carbocycles. The highest BCUT2D eigenvalue weighted by Gasteiger charge is 2.47. The van der Waals surface area contributed by atoms with Crippen molar-refractivity contribution in [2.24, 2.45) is 10.2 Å². The molecule has 1 saturated heterocycles. The van der Waals surface area contributed by atoms with Gasteiger partial charge >= 0.3 is 0 Å². The smallest absolute Gasteiger partial charge is 0.155 e. The Kier molecular flexibility index (Phi) is 4.38. The van der Waals surface area contributed by atoms with E-state index in [-0.39, 0.29) is 11.9 Å². The van der Waals surface area contributed by atoms with Crippen LogP contribution in [0, 0.1) is 0 Å². The van der Waals surface area contributed by atoms with E-state index in [0.717, 1.165) is 4.90 Å². The van der Waals surface area contributed by atoms with E-state index in [9.17, 15) is 10.2 Å². The van der Waals surface area contributed by atoms with Crippen LogP contribution in [0.2, 0.25) is 0 Å². The molecule has 0 spiro atoms. The number of fused-ring (bicyclic) bond motifs is 1. The lowest BCUT2D eigenvalue weighted by Crippen LogP contribution is -2.38. The number of nitrogens with two attached hydrogens (primary N) is 1. The summed E-state index contributed by atoms with van der Waals surface area (Å²) in [5.74, 6) is 0.891. The summed E-state index contributed by atoms with van der Waals surface area (Å²) in [5, 5.41) is 32.4. The van der Waals surface area contributed by atoms with E-state index in [1.807, 2.05) is 30.3 Å². The van der Waals surface area contributed by atoms with Gasteiger partial charge in [0.1, 0.15) is 18.1 Å². The van der Waals surface area contributed by atoms with Crippen LogP contribution in [-0.2, 0) is 0 Å². The number of anilines is 1. The lowest BCUT2D eigenvalue weighted by molar-refractivity contribution is 0.0271. The zero-order valence-electron chi connectivity index (χ0n) is 13.2. The summed E-state index contributed by atoms with van der Waals surface area (Å²) < 4.78 is 0. The van der Waals surface area contributed by atoms with Crippen LogP contribution >= 0.6 is 11.8 Å². The fraction of sp³-hybridized carbons (Fsp3) is 0.375. The molecule has 0 radical (unpaired) electrons. The normalized spacial score (nSPS) is 30.6. The summed E-state index contributed by atoms with van der Waals surface area (Å²) in [6.07, 6.45) is -0.495. The van der Waals surface area contributed by atoms with Gasteiger partial charge in [0.25, 0.3) is 0 Å². The fourth-order valence-corrected chi connectivity index (χ4v) is 4.18. The van der Waals surface area contributed by atoms with Gasteiger partial charge in [0, 0.05) is 16.7 Å². The van der Waals surface area contributed by atoms with Crippen LogP contribution in [-0.4, -0.2) is 50.2 Å². The van der Waals surface area contributed by atoms with E-state index in [1.54, 1.807) is 11.8 Å². The van der Waals surface area contributed by atoms with E-state index >= 15 is 0 Å². The van der Waals surface area contributed by atoms with Crippen LogP contribution in [0.15, 0.2) is 51.8 Å². The topological polar surface area (TPSA) is 129 Å². The highest BCUT2D eigenvalue weighted by atomic mass is 32.2. The van der Waals surface area contributed by atoms with Crippen molar-refractivity contribution in [1.29, 1.82) is 0 Å². The van der Waals surface area contributed by atoms with Crippen molar-refractivity contribution in [3.05, 3.63) is 42.4 Å². The molecular formula is C16H18N6O2S. The van der Waals surface area contributed by atoms with Crippen LogP contribution in [0.4, 0.5) is 11.5 Å². The summed E-state index contributed by atoms with van der Waals surface area (Å²) in [5.41, 5.74) is 6.81. The molecule has 25 heavy (non-hydrogen) atoms. The van der Waals surface area contributed by atoms with Crippen LogP contribution in [0.3, 0.4) is 0 Å². The van der Waals surface area contributed by atoms with Gasteiger partial charge in [-0.1, -0.05) is 18.2 Å². The van der Waals surface area contributed by atoms with E-state index in [4.69, 9.17) is 5.73 Å². The molecule has 2 aromatic rings. The minimum absolute atomic E-state index is 0.261. The quantitative estimate of drug-likeness (QED) is 0.601. The largest absolute Gasteiger partial charge is 0.389 e. The average molecular weight is 358 g/mol. The summed E-state index contributed by atoms with van der Waals surface area (Å²) >= 11 is 1.62. The molecule has 4 rings (SSSR count). The zero-order valence-corrected chi connectivity index (χ0v) is 14.0. The first-order valence-electron chi connectivity index (χ1n) is 7.96. The number of azo groups is 1. The lowest BCUT2D eigenvalue weighted by Gasteiger charge is -2.19.